The highest BCUT2D eigenvalue weighted by Gasteiger charge is 2.44. The summed E-state index contributed by atoms with van der Waals surface area (Å²) >= 11 is 0. The summed E-state index contributed by atoms with van der Waals surface area (Å²) in [5, 5.41) is 40.7. The normalized spacial score (nSPS) is 31.5. The van der Waals surface area contributed by atoms with Gasteiger partial charge in [-0.1, -0.05) is 146 Å². The molecule has 1 heterocycles. The molecule has 0 spiro atoms. The van der Waals surface area contributed by atoms with Crippen LogP contribution in [-0.2, 0) is 9.47 Å². The third-order valence-electron chi connectivity index (χ3n) is 10.4. The van der Waals surface area contributed by atoms with Gasteiger partial charge >= 0.3 is 0 Å². The van der Waals surface area contributed by atoms with E-state index >= 15 is 0 Å². The van der Waals surface area contributed by atoms with Gasteiger partial charge in [-0.25, -0.2) is 0 Å². The minimum absolute atomic E-state index is 0.0120. The SMILES string of the molecule is CC1=C(/C=C/C(C)=C/C=C/C(C)=C/C=C\C=C(C)\C=C\C=C(C)\C=C\C2=C(C)C[C@@H](O[C@@H]3O[C@@H](C)[C@H](O)[C@@H](O)[C@H]3O)CC2(C)C)C(C)(C)C[C@H](O)C1. The van der Waals surface area contributed by atoms with Crippen LogP contribution in [0.25, 0.3) is 0 Å². The first-order chi connectivity index (χ1) is 24.3. The van der Waals surface area contributed by atoms with Gasteiger partial charge in [0.2, 0.25) is 0 Å². The van der Waals surface area contributed by atoms with Crippen LogP contribution >= 0.6 is 0 Å². The van der Waals surface area contributed by atoms with Crippen molar-refractivity contribution >= 4 is 0 Å². The fraction of sp³-hybridized carbons (Fsp3) is 0.522. The Bertz CT molecular complexity index is 1580. The lowest BCUT2D eigenvalue weighted by Crippen LogP contribution is -2.58. The summed E-state index contributed by atoms with van der Waals surface area (Å²) in [5.41, 5.74) is 9.59. The highest BCUT2D eigenvalue weighted by atomic mass is 16.7. The first kappa shape index (κ1) is 43.3. The Morgan fingerprint density at radius 2 is 1.06 bits per heavy atom. The van der Waals surface area contributed by atoms with Gasteiger partial charge < -0.3 is 29.9 Å². The third-order valence-corrected chi connectivity index (χ3v) is 10.4. The first-order valence-electron chi connectivity index (χ1n) is 18.8. The van der Waals surface area contributed by atoms with Crippen LogP contribution in [0.1, 0.15) is 102 Å². The average molecular weight is 715 g/mol. The van der Waals surface area contributed by atoms with Crippen LogP contribution in [0.3, 0.4) is 0 Å². The molecule has 7 atom stereocenters. The van der Waals surface area contributed by atoms with E-state index in [0.717, 1.165) is 30.4 Å². The van der Waals surface area contributed by atoms with E-state index in [1.165, 1.54) is 33.4 Å². The molecule has 286 valence electrons. The van der Waals surface area contributed by atoms with Crippen LogP contribution in [0.15, 0.2) is 130 Å². The predicted octanol–water partition coefficient (Wildman–Crippen LogP) is 9.40. The maximum atomic E-state index is 10.4. The van der Waals surface area contributed by atoms with Crippen molar-refractivity contribution in [3.8, 4) is 0 Å². The molecule has 1 fully saturated rings. The van der Waals surface area contributed by atoms with Crippen molar-refractivity contribution in [3.63, 3.8) is 0 Å². The topological polar surface area (TPSA) is 99.4 Å². The minimum Gasteiger partial charge on any atom is -0.393 e. The zero-order valence-corrected chi connectivity index (χ0v) is 33.6. The van der Waals surface area contributed by atoms with Crippen molar-refractivity contribution in [2.45, 2.75) is 145 Å². The second-order valence-electron chi connectivity index (χ2n) is 16.5. The Kier molecular flexibility index (Phi) is 16.1. The monoisotopic (exact) mass is 714 g/mol. The molecule has 1 saturated heterocycles. The molecule has 0 aromatic rings. The summed E-state index contributed by atoms with van der Waals surface area (Å²) in [6.07, 6.45) is 26.9. The van der Waals surface area contributed by atoms with Gasteiger partial charge in [0.25, 0.3) is 0 Å². The molecule has 0 aromatic carbocycles. The number of aliphatic hydroxyl groups is 4. The van der Waals surface area contributed by atoms with Gasteiger partial charge in [-0.2, -0.15) is 0 Å². The molecule has 6 nitrogen and oxygen atoms in total. The van der Waals surface area contributed by atoms with Gasteiger partial charge in [-0.3, -0.25) is 0 Å². The van der Waals surface area contributed by atoms with Crippen molar-refractivity contribution in [1.29, 1.82) is 0 Å². The summed E-state index contributed by atoms with van der Waals surface area (Å²) in [6, 6.07) is 0. The lowest BCUT2D eigenvalue weighted by Gasteiger charge is -2.43. The molecule has 1 aliphatic heterocycles. The van der Waals surface area contributed by atoms with Gasteiger partial charge in [0.05, 0.1) is 18.3 Å². The van der Waals surface area contributed by atoms with Crippen LogP contribution in [-0.4, -0.2) is 63.3 Å². The lowest BCUT2D eigenvalue weighted by molar-refractivity contribution is -0.305. The summed E-state index contributed by atoms with van der Waals surface area (Å²) in [7, 11) is 0. The molecule has 0 radical (unpaired) electrons. The molecule has 4 N–H and O–H groups in total. The average Bonchev–Trinajstić information content (AvgIpc) is 3.03. The Morgan fingerprint density at radius 3 is 1.54 bits per heavy atom. The van der Waals surface area contributed by atoms with Crippen molar-refractivity contribution in [2.75, 3.05) is 0 Å². The van der Waals surface area contributed by atoms with Gasteiger partial charge in [0.15, 0.2) is 6.29 Å². The Hall–Kier alpha value is -3.10. The standard InChI is InChI=1S/C46H66O6/c1-30(18-14-20-32(3)22-24-39-34(5)26-37(47)28-45(39,8)9)16-12-13-17-31(2)19-15-21-33(4)23-25-40-35(6)27-38(29-46(40,10)11)52-44-43(50)42(49)41(48)36(7)51-44/h12-25,36-38,41-44,47-50H,26-29H2,1-11H3/b13-12-,18-14+,19-15+,24-22+,25-23+,30-16+,31-17+,32-20+,33-21+/t36-,37+,38+,41-,42+,43+,44-/m0/s1. The van der Waals surface area contributed by atoms with Crippen molar-refractivity contribution < 1.29 is 29.9 Å². The molecule has 3 rings (SSSR count). The van der Waals surface area contributed by atoms with Crippen LogP contribution in [0.5, 0.6) is 0 Å². The van der Waals surface area contributed by atoms with E-state index in [4.69, 9.17) is 9.47 Å². The number of aliphatic hydroxyl groups excluding tert-OH is 4. The number of allylic oxidation sites excluding steroid dienone is 20. The molecule has 0 amide bonds. The van der Waals surface area contributed by atoms with Gasteiger partial charge in [-0.05, 0) is 96.1 Å². The second kappa shape index (κ2) is 19.3. The van der Waals surface area contributed by atoms with Gasteiger partial charge in [0, 0.05) is 0 Å². The van der Waals surface area contributed by atoms with Gasteiger partial charge in [-0.15, -0.1) is 0 Å². The summed E-state index contributed by atoms with van der Waals surface area (Å²) in [6.45, 7) is 23.1. The quantitative estimate of drug-likeness (QED) is 0.150. The van der Waals surface area contributed by atoms with Crippen LogP contribution < -0.4 is 0 Å². The smallest absolute Gasteiger partial charge is 0.186 e. The molecule has 6 heteroatoms. The van der Waals surface area contributed by atoms with E-state index in [2.05, 4.69) is 154 Å². The third kappa shape index (κ3) is 12.8. The highest BCUT2D eigenvalue weighted by molar-refractivity contribution is 5.39. The second-order valence-corrected chi connectivity index (χ2v) is 16.5. The van der Waals surface area contributed by atoms with E-state index in [1.807, 2.05) is 0 Å². The Balaban J connectivity index is 1.51. The van der Waals surface area contributed by atoms with E-state index < -0.39 is 30.7 Å². The maximum absolute atomic E-state index is 10.4. The lowest BCUT2D eigenvalue weighted by atomic mass is 9.71. The number of ether oxygens (including phenoxy) is 2. The summed E-state index contributed by atoms with van der Waals surface area (Å²) in [5.74, 6) is 0. The molecule has 0 aromatic heterocycles. The van der Waals surface area contributed by atoms with Crippen LogP contribution in [0.4, 0.5) is 0 Å². The predicted molar refractivity (Wildman–Crippen MR) is 215 cm³/mol. The molecule has 0 saturated carbocycles. The van der Waals surface area contributed by atoms with Crippen molar-refractivity contribution in [3.05, 3.63) is 130 Å². The molecule has 3 aliphatic rings. The highest BCUT2D eigenvalue weighted by Crippen LogP contribution is 2.43. The fourth-order valence-corrected chi connectivity index (χ4v) is 7.51. The number of hydrogen-bond acceptors (Lipinski definition) is 6. The fourth-order valence-electron chi connectivity index (χ4n) is 7.51. The summed E-state index contributed by atoms with van der Waals surface area (Å²) < 4.78 is 11.8. The van der Waals surface area contributed by atoms with E-state index in [-0.39, 0.29) is 23.0 Å². The van der Waals surface area contributed by atoms with Crippen LogP contribution in [0, 0.1) is 10.8 Å². The molecule has 0 unspecified atom stereocenters. The summed E-state index contributed by atoms with van der Waals surface area (Å²) in [4.78, 5) is 0. The van der Waals surface area contributed by atoms with Crippen molar-refractivity contribution in [1.82, 2.24) is 0 Å². The van der Waals surface area contributed by atoms with Crippen LogP contribution in [0.2, 0.25) is 0 Å². The Labute approximate surface area is 314 Å². The molecular weight excluding hydrogens is 649 g/mol. The zero-order valence-electron chi connectivity index (χ0n) is 33.6. The molecular formula is C46H66O6. The van der Waals surface area contributed by atoms with E-state index in [9.17, 15) is 20.4 Å². The molecule has 0 bridgehead atoms. The molecule has 2 aliphatic carbocycles. The Morgan fingerprint density at radius 1 is 0.615 bits per heavy atom. The number of rotatable bonds is 12. The van der Waals surface area contributed by atoms with E-state index in [0.29, 0.717) is 6.42 Å². The zero-order chi connectivity index (χ0) is 38.8. The minimum atomic E-state index is -1.30. The van der Waals surface area contributed by atoms with E-state index in [1.54, 1.807) is 6.92 Å². The largest absolute Gasteiger partial charge is 0.393 e. The van der Waals surface area contributed by atoms with Crippen molar-refractivity contribution in [2.24, 2.45) is 10.8 Å². The molecule has 52 heavy (non-hydrogen) atoms. The maximum Gasteiger partial charge on any atom is 0.186 e. The van der Waals surface area contributed by atoms with Gasteiger partial charge in [0.1, 0.15) is 18.3 Å². The number of hydrogen-bond donors (Lipinski definition) is 4. The first-order valence-corrected chi connectivity index (χ1v) is 18.8.